The molecule has 2 N–H and O–H groups in total. The minimum atomic E-state index is -0.0444. The number of aliphatic hydroxyl groups excluding tert-OH is 1. The number of nitrogens with one attached hydrogen (secondary N) is 1. The van der Waals surface area contributed by atoms with Crippen LogP contribution >= 0.6 is 0 Å². The van der Waals surface area contributed by atoms with Crippen molar-refractivity contribution in [1.82, 2.24) is 14.9 Å². The van der Waals surface area contributed by atoms with Crippen molar-refractivity contribution in [2.45, 2.75) is 32.9 Å². The number of rotatable bonds is 4. The van der Waals surface area contributed by atoms with Crippen LogP contribution in [0.4, 0.5) is 5.82 Å². The molecule has 0 bridgehead atoms. The molecule has 6 nitrogen and oxygen atoms in total. The first-order chi connectivity index (χ1) is 12.7. The molecule has 2 aromatic rings. The number of benzene rings is 1. The van der Waals surface area contributed by atoms with Gasteiger partial charge in [-0.15, -0.1) is 0 Å². The summed E-state index contributed by atoms with van der Waals surface area (Å²) in [7, 11) is 0. The van der Waals surface area contributed by atoms with E-state index in [1.807, 2.05) is 18.0 Å². The van der Waals surface area contributed by atoms with Crippen molar-refractivity contribution < 1.29 is 5.11 Å². The van der Waals surface area contributed by atoms with Gasteiger partial charge in [0, 0.05) is 50.5 Å². The summed E-state index contributed by atoms with van der Waals surface area (Å²) >= 11 is 0. The molecule has 3 heterocycles. The van der Waals surface area contributed by atoms with Crippen LogP contribution in [0.3, 0.4) is 0 Å². The number of aromatic nitrogens is 2. The normalized spacial score (nSPS) is 19.6. The lowest BCUT2D eigenvalue weighted by Gasteiger charge is -2.20. The fourth-order valence-corrected chi connectivity index (χ4v) is 3.92. The molecule has 2 aliphatic heterocycles. The van der Waals surface area contributed by atoms with Gasteiger partial charge in [0.2, 0.25) is 0 Å². The van der Waals surface area contributed by atoms with Crippen LogP contribution in [0.15, 0.2) is 29.2 Å². The van der Waals surface area contributed by atoms with Crippen LogP contribution in [0.5, 0.6) is 0 Å². The lowest BCUT2D eigenvalue weighted by molar-refractivity contribution is 0.238. The van der Waals surface area contributed by atoms with Crippen molar-refractivity contribution in [1.29, 1.82) is 0 Å². The van der Waals surface area contributed by atoms with Gasteiger partial charge in [-0.1, -0.05) is 12.1 Å². The Bertz CT molecular complexity index is 861. The van der Waals surface area contributed by atoms with E-state index in [1.54, 1.807) is 4.57 Å². The fourth-order valence-electron chi connectivity index (χ4n) is 3.92. The smallest absolute Gasteiger partial charge is 0.293 e. The number of nitrogens with zero attached hydrogens (tertiary/aromatic N) is 3. The van der Waals surface area contributed by atoms with Gasteiger partial charge in [0.1, 0.15) is 0 Å². The lowest BCUT2D eigenvalue weighted by Crippen LogP contribution is -2.32. The highest BCUT2D eigenvalue weighted by molar-refractivity contribution is 5.62. The Morgan fingerprint density at radius 2 is 2.23 bits per heavy atom. The van der Waals surface area contributed by atoms with Crippen LogP contribution in [-0.4, -0.2) is 40.9 Å². The van der Waals surface area contributed by atoms with E-state index in [2.05, 4.69) is 23.5 Å². The first-order valence-electron chi connectivity index (χ1n) is 9.49. The molecule has 1 aromatic heterocycles. The van der Waals surface area contributed by atoms with Crippen molar-refractivity contribution in [2.75, 3.05) is 31.1 Å². The zero-order valence-corrected chi connectivity index (χ0v) is 15.2. The molecule has 26 heavy (non-hydrogen) atoms. The summed E-state index contributed by atoms with van der Waals surface area (Å²) < 4.78 is 1.74. The molecular weight excluding hydrogens is 328 g/mol. The van der Waals surface area contributed by atoms with Gasteiger partial charge in [0.05, 0.1) is 5.69 Å². The summed E-state index contributed by atoms with van der Waals surface area (Å²) in [6, 6.07) is 6.48. The molecule has 0 radical (unpaired) electrons. The van der Waals surface area contributed by atoms with Crippen molar-refractivity contribution >= 4 is 5.82 Å². The third kappa shape index (κ3) is 3.15. The second-order valence-electron chi connectivity index (χ2n) is 7.23. The summed E-state index contributed by atoms with van der Waals surface area (Å²) in [5.74, 6) is 0.742. The van der Waals surface area contributed by atoms with Gasteiger partial charge in [0.15, 0.2) is 5.82 Å². The van der Waals surface area contributed by atoms with Crippen molar-refractivity contribution in [3.63, 3.8) is 0 Å². The molecule has 138 valence electrons. The molecule has 0 saturated carbocycles. The minimum Gasteiger partial charge on any atom is -0.396 e. The quantitative estimate of drug-likeness (QED) is 0.868. The average molecular weight is 354 g/mol. The molecule has 6 heteroatoms. The van der Waals surface area contributed by atoms with Crippen molar-refractivity contribution in [3.8, 4) is 11.3 Å². The Hall–Kier alpha value is -2.18. The van der Waals surface area contributed by atoms with E-state index in [0.717, 1.165) is 43.7 Å². The maximum atomic E-state index is 12.8. The van der Waals surface area contributed by atoms with E-state index in [0.29, 0.717) is 18.9 Å². The molecule has 1 fully saturated rings. The number of hydrogen-bond donors (Lipinski definition) is 2. The SMILES string of the molecule is CCn1cc(-c2ccc3c(c2)CCNC3)nc(N2CC[C@@H](CO)C2)c1=O. The second kappa shape index (κ2) is 7.21. The maximum absolute atomic E-state index is 12.8. The van der Waals surface area contributed by atoms with Gasteiger partial charge >= 0.3 is 0 Å². The second-order valence-corrected chi connectivity index (χ2v) is 7.23. The van der Waals surface area contributed by atoms with Crippen LogP contribution in [0, 0.1) is 5.92 Å². The van der Waals surface area contributed by atoms with E-state index in [1.165, 1.54) is 11.1 Å². The number of hydrogen-bond acceptors (Lipinski definition) is 5. The molecule has 1 aromatic carbocycles. The largest absolute Gasteiger partial charge is 0.396 e. The lowest BCUT2D eigenvalue weighted by atomic mass is 9.97. The van der Waals surface area contributed by atoms with Crippen molar-refractivity contribution in [2.24, 2.45) is 5.92 Å². The summed E-state index contributed by atoms with van der Waals surface area (Å²) in [6.45, 7) is 6.15. The average Bonchev–Trinajstić information content (AvgIpc) is 3.17. The van der Waals surface area contributed by atoms with Gasteiger partial charge in [-0.2, -0.15) is 0 Å². The van der Waals surface area contributed by atoms with Gasteiger partial charge in [-0.25, -0.2) is 4.98 Å². The molecule has 0 unspecified atom stereocenters. The summed E-state index contributed by atoms with van der Waals surface area (Å²) in [5, 5.41) is 12.8. The Kier molecular flexibility index (Phi) is 4.78. The Balaban J connectivity index is 1.75. The summed E-state index contributed by atoms with van der Waals surface area (Å²) in [4.78, 5) is 19.6. The fraction of sp³-hybridized carbons (Fsp3) is 0.500. The summed E-state index contributed by atoms with van der Waals surface area (Å²) in [5.41, 5.74) is 4.56. The van der Waals surface area contributed by atoms with Crippen LogP contribution in [0.1, 0.15) is 24.5 Å². The van der Waals surface area contributed by atoms with E-state index in [4.69, 9.17) is 4.98 Å². The number of anilines is 1. The van der Waals surface area contributed by atoms with Gasteiger partial charge in [-0.3, -0.25) is 4.79 Å². The van der Waals surface area contributed by atoms with Crippen LogP contribution in [0.25, 0.3) is 11.3 Å². The van der Waals surface area contributed by atoms with Gasteiger partial charge in [-0.05, 0) is 43.5 Å². The van der Waals surface area contributed by atoms with Crippen LogP contribution in [-0.2, 0) is 19.5 Å². The monoisotopic (exact) mass is 354 g/mol. The topological polar surface area (TPSA) is 70.4 Å². The predicted octanol–water partition coefficient (Wildman–Crippen LogP) is 1.39. The Labute approximate surface area is 153 Å². The summed E-state index contributed by atoms with van der Waals surface area (Å²) in [6.07, 6.45) is 3.79. The number of aliphatic hydroxyl groups is 1. The third-order valence-corrected chi connectivity index (χ3v) is 5.53. The molecule has 1 atom stereocenters. The molecule has 0 aliphatic carbocycles. The van der Waals surface area contributed by atoms with Crippen LogP contribution in [0.2, 0.25) is 0 Å². The standard InChI is InChI=1S/C20H26N4O2/c1-2-23-12-18(16-3-4-17-10-21-7-5-15(17)9-16)22-19(20(23)26)24-8-6-14(11-24)13-25/h3-4,9,12,14,21,25H,2,5-8,10-11,13H2,1H3/t14-/m1/s1. The molecule has 0 amide bonds. The zero-order valence-electron chi connectivity index (χ0n) is 15.2. The molecule has 2 aliphatic rings. The highest BCUT2D eigenvalue weighted by atomic mass is 16.3. The third-order valence-electron chi connectivity index (χ3n) is 5.53. The predicted molar refractivity (Wildman–Crippen MR) is 102 cm³/mol. The van der Waals surface area contributed by atoms with Gasteiger partial charge in [0.25, 0.3) is 5.56 Å². The van der Waals surface area contributed by atoms with E-state index < -0.39 is 0 Å². The molecular formula is C20H26N4O2. The van der Waals surface area contributed by atoms with E-state index >= 15 is 0 Å². The van der Waals surface area contributed by atoms with E-state index in [-0.39, 0.29) is 18.1 Å². The Morgan fingerprint density at radius 1 is 1.35 bits per heavy atom. The first kappa shape index (κ1) is 17.2. The molecule has 1 saturated heterocycles. The van der Waals surface area contributed by atoms with Crippen molar-refractivity contribution in [3.05, 3.63) is 45.9 Å². The minimum absolute atomic E-state index is 0.0444. The van der Waals surface area contributed by atoms with Gasteiger partial charge < -0.3 is 19.9 Å². The molecule has 4 rings (SSSR count). The highest BCUT2D eigenvalue weighted by Crippen LogP contribution is 2.25. The highest BCUT2D eigenvalue weighted by Gasteiger charge is 2.26. The maximum Gasteiger partial charge on any atom is 0.293 e. The number of fused-ring (bicyclic) bond motifs is 1. The van der Waals surface area contributed by atoms with E-state index in [9.17, 15) is 9.90 Å². The Morgan fingerprint density at radius 3 is 3.00 bits per heavy atom. The van der Waals surface area contributed by atoms with Crippen LogP contribution < -0.4 is 15.8 Å². The first-order valence-corrected chi connectivity index (χ1v) is 9.49. The zero-order chi connectivity index (χ0) is 18.1. The number of aryl methyl sites for hydroxylation is 1. The molecule has 0 spiro atoms.